The summed E-state index contributed by atoms with van der Waals surface area (Å²) in [5, 5.41) is 14.4. The molecule has 0 aliphatic carbocycles. The van der Waals surface area contributed by atoms with Gasteiger partial charge < -0.3 is 15.0 Å². The summed E-state index contributed by atoms with van der Waals surface area (Å²) in [4.78, 5) is 37.4. The molecule has 1 fully saturated rings. The fourth-order valence-electron chi connectivity index (χ4n) is 3.27. The van der Waals surface area contributed by atoms with E-state index in [1.165, 1.54) is 31.4 Å². The zero-order valence-corrected chi connectivity index (χ0v) is 16.6. The molecule has 1 amide bonds. The Morgan fingerprint density at radius 3 is 2.45 bits per heavy atom. The Bertz CT molecular complexity index is 957. The van der Waals surface area contributed by atoms with Crippen LogP contribution in [-0.4, -0.2) is 37.0 Å². The fourth-order valence-corrected chi connectivity index (χ4v) is 3.44. The predicted octanol–water partition coefficient (Wildman–Crippen LogP) is 4.28. The molecule has 8 nitrogen and oxygen atoms in total. The van der Waals surface area contributed by atoms with Gasteiger partial charge in [0, 0.05) is 24.7 Å². The van der Waals surface area contributed by atoms with Gasteiger partial charge in [-0.15, -0.1) is 0 Å². The normalized spacial score (nSPS) is 13.7. The van der Waals surface area contributed by atoms with Crippen LogP contribution in [0.4, 0.5) is 17.1 Å². The molecule has 1 N–H and O–H groups in total. The first-order valence-electron chi connectivity index (χ1n) is 9.13. The fraction of sp³-hybridized carbons (Fsp3) is 0.300. The van der Waals surface area contributed by atoms with Crippen LogP contribution in [0.5, 0.6) is 0 Å². The molecule has 1 aliphatic rings. The van der Waals surface area contributed by atoms with Crippen molar-refractivity contribution in [2.24, 2.45) is 0 Å². The average Bonchev–Trinajstić information content (AvgIpc) is 2.74. The van der Waals surface area contributed by atoms with Crippen molar-refractivity contribution >= 4 is 40.5 Å². The highest BCUT2D eigenvalue weighted by Gasteiger charge is 2.23. The number of esters is 1. The summed E-state index contributed by atoms with van der Waals surface area (Å²) in [5.41, 5.74) is 0.948. The summed E-state index contributed by atoms with van der Waals surface area (Å²) in [6, 6.07) is 8.74. The molecule has 0 radical (unpaired) electrons. The number of rotatable bonds is 5. The Kier molecular flexibility index (Phi) is 6.33. The van der Waals surface area contributed by atoms with E-state index in [0.717, 1.165) is 32.4 Å². The third-order valence-electron chi connectivity index (χ3n) is 4.77. The van der Waals surface area contributed by atoms with E-state index in [2.05, 4.69) is 10.1 Å². The number of hydrogen-bond donors (Lipinski definition) is 1. The number of carbonyl (C=O) groups excluding carboxylic acids is 2. The minimum atomic E-state index is -0.571. The second-order valence-corrected chi connectivity index (χ2v) is 7.06. The number of amides is 1. The number of ether oxygens (including phenoxy) is 1. The standard InChI is InChI=1S/C20H20ClN3O5/c1-29-20(26)14-5-7-15(21)16(11-14)22-19(25)13-6-8-17(18(12-13)24(27)28)23-9-3-2-4-10-23/h5-8,11-12H,2-4,9-10H2,1H3,(H,22,25). The van der Waals surface area contributed by atoms with E-state index in [4.69, 9.17) is 11.6 Å². The van der Waals surface area contributed by atoms with Gasteiger partial charge in [0.15, 0.2) is 0 Å². The van der Waals surface area contributed by atoms with Crippen molar-refractivity contribution in [2.75, 3.05) is 30.4 Å². The van der Waals surface area contributed by atoms with Gasteiger partial charge >= 0.3 is 5.97 Å². The van der Waals surface area contributed by atoms with Crippen LogP contribution in [0.2, 0.25) is 5.02 Å². The van der Waals surface area contributed by atoms with Gasteiger partial charge in [-0.25, -0.2) is 4.79 Å². The van der Waals surface area contributed by atoms with Crippen molar-refractivity contribution in [3.05, 3.63) is 62.7 Å². The maximum absolute atomic E-state index is 12.7. The monoisotopic (exact) mass is 417 g/mol. The SMILES string of the molecule is COC(=O)c1ccc(Cl)c(NC(=O)c2ccc(N3CCCCC3)c([N+](=O)[O-])c2)c1. The van der Waals surface area contributed by atoms with Crippen LogP contribution in [0.3, 0.4) is 0 Å². The quantitative estimate of drug-likeness (QED) is 0.442. The smallest absolute Gasteiger partial charge is 0.337 e. The van der Waals surface area contributed by atoms with Crippen molar-refractivity contribution in [1.82, 2.24) is 0 Å². The molecule has 0 unspecified atom stereocenters. The summed E-state index contributed by atoms with van der Waals surface area (Å²) >= 11 is 6.10. The van der Waals surface area contributed by atoms with Gasteiger partial charge in [-0.05, 0) is 49.6 Å². The van der Waals surface area contributed by atoms with Crippen LogP contribution in [0.15, 0.2) is 36.4 Å². The number of nitro groups is 1. The van der Waals surface area contributed by atoms with E-state index in [0.29, 0.717) is 5.69 Å². The van der Waals surface area contributed by atoms with E-state index in [1.807, 2.05) is 4.90 Å². The van der Waals surface area contributed by atoms with E-state index < -0.39 is 16.8 Å². The molecule has 1 saturated heterocycles. The first-order valence-corrected chi connectivity index (χ1v) is 9.51. The first kappa shape index (κ1) is 20.6. The predicted molar refractivity (Wildman–Crippen MR) is 110 cm³/mol. The highest BCUT2D eigenvalue weighted by atomic mass is 35.5. The molecule has 0 spiro atoms. The zero-order chi connectivity index (χ0) is 21.0. The van der Waals surface area contributed by atoms with Gasteiger partial charge in [0.05, 0.1) is 28.3 Å². The Balaban J connectivity index is 1.87. The van der Waals surface area contributed by atoms with Gasteiger partial charge in [-0.2, -0.15) is 0 Å². The lowest BCUT2D eigenvalue weighted by molar-refractivity contribution is -0.384. The van der Waals surface area contributed by atoms with Crippen molar-refractivity contribution in [3.63, 3.8) is 0 Å². The van der Waals surface area contributed by atoms with Gasteiger partial charge in [0.2, 0.25) is 0 Å². The van der Waals surface area contributed by atoms with Crippen molar-refractivity contribution in [3.8, 4) is 0 Å². The largest absolute Gasteiger partial charge is 0.465 e. The van der Waals surface area contributed by atoms with E-state index in [1.54, 1.807) is 12.1 Å². The van der Waals surface area contributed by atoms with Crippen LogP contribution >= 0.6 is 11.6 Å². The molecule has 2 aromatic rings. The van der Waals surface area contributed by atoms with Gasteiger partial charge in [-0.3, -0.25) is 14.9 Å². The number of nitrogens with one attached hydrogen (secondary N) is 1. The van der Waals surface area contributed by atoms with Gasteiger partial charge in [-0.1, -0.05) is 11.6 Å². The van der Waals surface area contributed by atoms with Crippen LogP contribution < -0.4 is 10.2 Å². The lowest BCUT2D eigenvalue weighted by Gasteiger charge is -2.28. The number of carbonyl (C=O) groups is 2. The topological polar surface area (TPSA) is 102 Å². The third-order valence-corrected chi connectivity index (χ3v) is 5.10. The van der Waals surface area contributed by atoms with Crippen molar-refractivity contribution < 1.29 is 19.2 Å². The number of nitro benzene ring substituents is 1. The van der Waals surface area contributed by atoms with Crippen molar-refractivity contribution in [1.29, 1.82) is 0 Å². The molecule has 0 bridgehead atoms. The highest BCUT2D eigenvalue weighted by Crippen LogP contribution is 2.32. The maximum atomic E-state index is 12.7. The number of anilines is 2. The number of hydrogen-bond acceptors (Lipinski definition) is 6. The summed E-state index contributed by atoms with van der Waals surface area (Å²) in [6.45, 7) is 1.50. The minimum Gasteiger partial charge on any atom is -0.465 e. The zero-order valence-electron chi connectivity index (χ0n) is 15.8. The molecule has 1 heterocycles. The summed E-state index contributed by atoms with van der Waals surface area (Å²) in [7, 11) is 1.25. The molecule has 0 saturated carbocycles. The number of halogens is 1. The Labute approximate surface area is 172 Å². The maximum Gasteiger partial charge on any atom is 0.337 e. The van der Waals surface area contributed by atoms with Crippen LogP contribution in [0.1, 0.15) is 40.0 Å². The Hall–Kier alpha value is -3.13. The number of benzene rings is 2. The number of piperidine rings is 1. The van der Waals surface area contributed by atoms with Crippen molar-refractivity contribution in [2.45, 2.75) is 19.3 Å². The third kappa shape index (κ3) is 4.65. The van der Waals surface area contributed by atoms with Crippen LogP contribution in [0, 0.1) is 10.1 Å². The minimum absolute atomic E-state index is 0.117. The second kappa shape index (κ2) is 8.91. The highest BCUT2D eigenvalue weighted by molar-refractivity contribution is 6.34. The van der Waals surface area contributed by atoms with E-state index >= 15 is 0 Å². The molecule has 152 valence electrons. The molecule has 9 heteroatoms. The molecule has 1 aliphatic heterocycles. The summed E-state index contributed by atoms with van der Waals surface area (Å²) < 4.78 is 4.66. The molecular formula is C20H20ClN3O5. The lowest BCUT2D eigenvalue weighted by atomic mass is 10.1. The molecule has 3 rings (SSSR count). The molecule has 29 heavy (non-hydrogen) atoms. The van der Waals surface area contributed by atoms with Crippen LogP contribution in [0.25, 0.3) is 0 Å². The first-order chi connectivity index (χ1) is 13.9. The molecule has 0 aromatic heterocycles. The van der Waals surface area contributed by atoms with Gasteiger partial charge in [0.25, 0.3) is 11.6 Å². The van der Waals surface area contributed by atoms with E-state index in [9.17, 15) is 19.7 Å². The van der Waals surface area contributed by atoms with E-state index in [-0.39, 0.29) is 27.5 Å². The molecule has 2 aromatic carbocycles. The molecular weight excluding hydrogens is 398 g/mol. The Morgan fingerprint density at radius 1 is 1.10 bits per heavy atom. The number of methoxy groups -OCH3 is 1. The summed E-state index contributed by atoms with van der Waals surface area (Å²) in [5.74, 6) is -1.14. The summed E-state index contributed by atoms with van der Waals surface area (Å²) in [6.07, 6.45) is 3.07. The Morgan fingerprint density at radius 2 is 1.79 bits per heavy atom. The number of nitrogens with zero attached hydrogens (tertiary/aromatic N) is 2. The molecule has 0 atom stereocenters. The second-order valence-electron chi connectivity index (χ2n) is 6.65. The van der Waals surface area contributed by atoms with Gasteiger partial charge in [0.1, 0.15) is 5.69 Å². The average molecular weight is 418 g/mol. The van der Waals surface area contributed by atoms with Crippen LogP contribution in [-0.2, 0) is 4.74 Å². The lowest BCUT2D eigenvalue weighted by Crippen LogP contribution is -2.30.